The van der Waals surface area contributed by atoms with Gasteiger partial charge in [0.25, 0.3) is 5.91 Å². The van der Waals surface area contributed by atoms with Gasteiger partial charge in [0.2, 0.25) is 0 Å². The molecule has 0 spiro atoms. The number of aromatic nitrogens is 2. The van der Waals surface area contributed by atoms with Gasteiger partial charge in [-0.1, -0.05) is 0 Å². The van der Waals surface area contributed by atoms with Crippen LogP contribution in [0.2, 0.25) is 0 Å². The summed E-state index contributed by atoms with van der Waals surface area (Å²) in [6.45, 7) is 0. The monoisotopic (exact) mass is 334 g/mol. The highest BCUT2D eigenvalue weighted by Gasteiger charge is 2.34. The van der Waals surface area contributed by atoms with Crippen LogP contribution in [0.3, 0.4) is 0 Å². The standard InChI is InChI=1S/C10H6BrF3N4O/c11-5-4(10(12,13)14)2-1-3-6(15)8(9(16)19)18-17-7(3)5/h1-2H,(H2,15,17)(H2,16,19). The van der Waals surface area contributed by atoms with Crippen molar-refractivity contribution < 1.29 is 18.0 Å². The number of carbonyl (C=O) groups excluding carboxylic acids is 1. The van der Waals surface area contributed by atoms with Crippen LogP contribution in [0.5, 0.6) is 0 Å². The molecular formula is C10H6BrF3N4O. The number of benzene rings is 1. The van der Waals surface area contributed by atoms with Crippen LogP contribution in [0, 0.1) is 0 Å². The molecule has 0 aliphatic rings. The first-order valence-electron chi connectivity index (χ1n) is 4.85. The van der Waals surface area contributed by atoms with Gasteiger partial charge in [-0.25, -0.2) is 0 Å². The van der Waals surface area contributed by atoms with E-state index in [4.69, 9.17) is 11.5 Å². The Bertz CT molecular complexity index is 687. The van der Waals surface area contributed by atoms with E-state index in [9.17, 15) is 18.0 Å². The summed E-state index contributed by atoms with van der Waals surface area (Å²) in [5.41, 5.74) is 9.30. The van der Waals surface area contributed by atoms with Crippen molar-refractivity contribution >= 4 is 38.4 Å². The molecule has 0 saturated carbocycles. The molecule has 0 saturated heterocycles. The smallest absolute Gasteiger partial charge is 0.396 e. The predicted octanol–water partition coefficient (Wildman–Crippen LogP) is 2.09. The Morgan fingerprint density at radius 1 is 1.26 bits per heavy atom. The number of hydrogen-bond donors (Lipinski definition) is 2. The quantitative estimate of drug-likeness (QED) is 0.834. The first kappa shape index (κ1) is 13.5. The number of nitrogen functional groups attached to an aromatic ring is 1. The molecule has 4 N–H and O–H groups in total. The van der Waals surface area contributed by atoms with Crippen molar-refractivity contribution in [3.8, 4) is 0 Å². The number of alkyl halides is 3. The van der Waals surface area contributed by atoms with Gasteiger partial charge in [0.1, 0.15) is 5.52 Å². The molecule has 1 aromatic carbocycles. The molecule has 9 heteroatoms. The van der Waals surface area contributed by atoms with Crippen LogP contribution >= 0.6 is 15.9 Å². The van der Waals surface area contributed by atoms with Gasteiger partial charge in [-0.05, 0) is 28.1 Å². The minimum Gasteiger partial charge on any atom is -0.396 e. The summed E-state index contributed by atoms with van der Waals surface area (Å²) in [5.74, 6) is -0.900. The topological polar surface area (TPSA) is 94.9 Å². The third-order valence-corrected chi connectivity index (χ3v) is 3.25. The zero-order valence-electron chi connectivity index (χ0n) is 9.12. The van der Waals surface area contributed by atoms with Gasteiger partial charge >= 0.3 is 6.18 Å². The van der Waals surface area contributed by atoms with Crippen molar-refractivity contribution in [1.82, 2.24) is 10.2 Å². The van der Waals surface area contributed by atoms with Crippen LogP contribution in [0.25, 0.3) is 10.9 Å². The van der Waals surface area contributed by atoms with Gasteiger partial charge in [0.15, 0.2) is 5.69 Å². The number of nitrogens with two attached hydrogens (primary N) is 2. The number of carbonyl (C=O) groups is 1. The highest BCUT2D eigenvalue weighted by molar-refractivity contribution is 9.10. The molecule has 0 aliphatic carbocycles. The predicted molar refractivity (Wildman–Crippen MR) is 65.2 cm³/mol. The highest BCUT2D eigenvalue weighted by atomic mass is 79.9. The van der Waals surface area contributed by atoms with Crippen LogP contribution in [-0.2, 0) is 6.18 Å². The Kier molecular flexibility index (Phi) is 3.09. The molecule has 2 rings (SSSR count). The molecular weight excluding hydrogens is 329 g/mol. The van der Waals surface area contributed by atoms with E-state index in [1.165, 1.54) is 0 Å². The fourth-order valence-electron chi connectivity index (χ4n) is 1.56. The zero-order chi connectivity index (χ0) is 14.4. The molecule has 0 aliphatic heterocycles. The van der Waals surface area contributed by atoms with Crippen molar-refractivity contribution in [2.24, 2.45) is 5.73 Å². The van der Waals surface area contributed by atoms with E-state index in [0.29, 0.717) is 0 Å². The maximum Gasteiger partial charge on any atom is 0.417 e. The van der Waals surface area contributed by atoms with Gasteiger partial charge in [0, 0.05) is 5.39 Å². The Morgan fingerprint density at radius 3 is 2.42 bits per heavy atom. The summed E-state index contributed by atoms with van der Waals surface area (Å²) >= 11 is 2.82. The van der Waals surface area contributed by atoms with Crippen LogP contribution in [0.1, 0.15) is 16.1 Å². The Labute approximate surface area is 112 Å². The molecule has 1 aromatic heterocycles. The van der Waals surface area contributed by atoms with Crippen molar-refractivity contribution in [2.75, 3.05) is 5.73 Å². The molecule has 5 nitrogen and oxygen atoms in total. The van der Waals surface area contributed by atoms with Gasteiger partial charge < -0.3 is 11.5 Å². The van der Waals surface area contributed by atoms with Crippen molar-refractivity contribution in [3.05, 3.63) is 27.9 Å². The van der Waals surface area contributed by atoms with E-state index in [1.54, 1.807) is 0 Å². The molecule has 1 heterocycles. The Hall–Kier alpha value is -1.90. The van der Waals surface area contributed by atoms with E-state index in [2.05, 4.69) is 26.1 Å². The van der Waals surface area contributed by atoms with Gasteiger partial charge in [-0.15, -0.1) is 10.2 Å². The molecule has 19 heavy (non-hydrogen) atoms. The first-order valence-corrected chi connectivity index (χ1v) is 5.64. The second-order valence-corrected chi connectivity index (χ2v) is 4.44. The van der Waals surface area contributed by atoms with Gasteiger partial charge in [-0.2, -0.15) is 13.2 Å². The number of anilines is 1. The Morgan fingerprint density at radius 2 is 1.89 bits per heavy atom. The largest absolute Gasteiger partial charge is 0.417 e. The van der Waals surface area contributed by atoms with E-state index < -0.39 is 17.6 Å². The van der Waals surface area contributed by atoms with E-state index in [1.807, 2.05) is 0 Å². The van der Waals surface area contributed by atoms with Gasteiger partial charge in [-0.3, -0.25) is 4.79 Å². The lowest BCUT2D eigenvalue weighted by atomic mass is 10.1. The van der Waals surface area contributed by atoms with Crippen LogP contribution < -0.4 is 11.5 Å². The third kappa shape index (κ3) is 2.21. The fraction of sp³-hybridized carbons (Fsp3) is 0.100. The third-order valence-electron chi connectivity index (χ3n) is 2.45. The molecule has 0 unspecified atom stereocenters. The zero-order valence-corrected chi connectivity index (χ0v) is 10.7. The number of rotatable bonds is 1. The normalized spacial score (nSPS) is 11.8. The lowest BCUT2D eigenvalue weighted by Crippen LogP contribution is -2.17. The molecule has 100 valence electrons. The van der Waals surface area contributed by atoms with Crippen molar-refractivity contribution in [3.63, 3.8) is 0 Å². The minimum atomic E-state index is -4.54. The molecule has 0 radical (unpaired) electrons. The highest BCUT2D eigenvalue weighted by Crippen LogP contribution is 2.39. The first-order chi connectivity index (χ1) is 8.73. The summed E-state index contributed by atoms with van der Waals surface area (Å²) in [6.07, 6.45) is -4.54. The van der Waals surface area contributed by atoms with Crippen LogP contribution in [0.15, 0.2) is 16.6 Å². The molecule has 0 fully saturated rings. The van der Waals surface area contributed by atoms with Crippen LogP contribution in [0.4, 0.5) is 18.9 Å². The summed E-state index contributed by atoms with van der Waals surface area (Å²) < 4.78 is 37.8. The summed E-state index contributed by atoms with van der Waals surface area (Å²) in [7, 11) is 0. The lowest BCUT2D eigenvalue weighted by Gasteiger charge is -2.12. The lowest BCUT2D eigenvalue weighted by molar-refractivity contribution is -0.138. The summed E-state index contributed by atoms with van der Waals surface area (Å²) in [5, 5.41) is 7.17. The van der Waals surface area contributed by atoms with Crippen molar-refractivity contribution in [1.29, 1.82) is 0 Å². The maximum atomic E-state index is 12.7. The number of primary amides is 1. The van der Waals surface area contributed by atoms with E-state index in [-0.39, 0.29) is 26.8 Å². The van der Waals surface area contributed by atoms with E-state index in [0.717, 1.165) is 12.1 Å². The molecule has 2 aromatic rings. The molecule has 0 atom stereocenters. The fourth-order valence-corrected chi connectivity index (χ4v) is 2.21. The Balaban J connectivity index is 2.81. The van der Waals surface area contributed by atoms with E-state index >= 15 is 0 Å². The molecule has 0 bridgehead atoms. The average Bonchev–Trinajstić information content (AvgIpc) is 2.28. The second kappa shape index (κ2) is 4.34. The van der Waals surface area contributed by atoms with Gasteiger partial charge in [0.05, 0.1) is 15.7 Å². The number of amides is 1. The van der Waals surface area contributed by atoms with Crippen molar-refractivity contribution in [2.45, 2.75) is 6.18 Å². The van der Waals surface area contributed by atoms with Crippen LogP contribution in [-0.4, -0.2) is 16.1 Å². The SMILES string of the molecule is NC(=O)c1nnc2c(Br)c(C(F)(F)F)ccc2c1N. The minimum absolute atomic E-state index is 0.0858. The maximum absolute atomic E-state index is 12.7. The number of nitrogens with zero attached hydrogens (tertiary/aromatic N) is 2. The summed E-state index contributed by atoms with van der Waals surface area (Å²) in [4.78, 5) is 11.0. The second-order valence-electron chi connectivity index (χ2n) is 3.65. The number of hydrogen-bond acceptors (Lipinski definition) is 4. The number of halogens is 4. The molecule has 1 amide bonds. The summed E-state index contributed by atoms with van der Waals surface area (Å²) in [6, 6.07) is 1.97. The average molecular weight is 335 g/mol. The number of fused-ring (bicyclic) bond motifs is 1.